The van der Waals surface area contributed by atoms with E-state index < -0.39 is 0 Å². The van der Waals surface area contributed by atoms with Crippen molar-refractivity contribution in [2.75, 3.05) is 30.9 Å². The Morgan fingerprint density at radius 2 is 1.96 bits per heavy atom. The van der Waals surface area contributed by atoms with E-state index in [0.29, 0.717) is 0 Å². The van der Waals surface area contributed by atoms with Gasteiger partial charge in [-0.05, 0) is 38.7 Å². The van der Waals surface area contributed by atoms with Crippen molar-refractivity contribution < 1.29 is 9.84 Å². The van der Waals surface area contributed by atoms with E-state index in [1.54, 1.807) is 11.8 Å². The van der Waals surface area contributed by atoms with Crippen molar-refractivity contribution in [3.63, 3.8) is 0 Å². The smallest absolute Gasteiger partial charge is 0.0726 e. The maximum atomic E-state index is 9.43. The van der Waals surface area contributed by atoms with Crippen LogP contribution in [0, 0.1) is 0 Å². The van der Waals surface area contributed by atoms with Crippen LogP contribution < -0.4 is 10.2 Å². The Hall–Kier alpha value is -0.750. The van der Waals surface area contributed by atoms with E-state index in [-0.39, 0.29) is 30.1 Å². The molecule has 23 heavy (non-hydrogen) atoms. The number of nitrogens with zero attached hydrogens (tertiary/aromatic N) is 1. The van der Waals surface area contributed by atoms with Gasteiger partial charge in [0.25, 0.3) is 0 Å². The van der Waals surface area contributed by atoms with Gasteiger partial charge in [-0.2, -0.15) is 11.8 Å². The van der Waals surface area contributed by atoms with Crippen molar-refractivity contribution in [1.82, 2.24) is 5.32 Å². The Labute approximate surface area is 144 Å². The van der Waals surface area contributed by atoms with Crippen molar-refractivity contribution in [2.45, 2.75) is 50.8 Å². The van der Waals surface area contributed by atoms with Crippen LogP contribution in [-0.4, -0.2) is 54.6 Å². The first-order valence-corrected chi connectivity index (χ1v) is 9.69. The van der Waals surface area contributed by atoms with Gasteiger partial charge < -0.3 is 20.1 Å². The number of aliphatic hydroxyl groups is 1. The number of ether oxygens (including phenoxy) is 1. The quantitative estimate of drug-likeness (QED) is 0.800. The third kappa shape index (κ3) is 5.11. The van der Waals surface area contributed by atoms with Gasteiger partial charge in [0.15, 0.2) is 0 Å². The molecule has 2 N–H and O–H groups in total. The van der Waals surface area contributed by atoms with E-state index >= 15 is 0 Å². The van der Waals surface area contributed by atoms with Crippen molar-refractivity contribution >= 4 is 17.4 Å². The van der Waals surface area contributed by atoms with Gasteiger partial charge >= 0.3 is 0 Å². The predicted octanol–water partition coefficient (Wildman–Crippen LogP) is 2.50. The van der Waals surface area contributed by atoms with Crippen LogP contribution in [0.25, 0.3) is 0 Å². The van der Waals surface area contributed by atoms with Gasteiger partial charge in [-0.3, -0.25) is 0 Å². The first-order chi connectivity index (χ1) is 11.0. The van der Waals surface area contributed by atoms with Crippen LogP contribution in [0.2, 0.25) is 0 Å². The molecule has 1 fully saturated rings. The van der Waals surface area contributed by atoms with Gasteiger partial charge in [0.05, 0.1) is 18.8 Å². The van der Waals surface area contributed by atoms with Gasteiger partial charge in [0.1, 0.15) is 0 Å². The molecule has 0 amide bonds. The minimum Gasteiger partial charge on any atom is -0.395 e. The first-order valence-electron chi connectivity index (χ1n) is 8.40. The lowest BCUT2D eigenvalue weighted by Crippen LogP contribution is -2.46. The molecule has 4 nitrogen and oxygen atoms in total. The molecule has 0 bridgehead atoms. The van der Waals surface area contributed by atoms with Crippen LogP contribution >= 0.6 is 11.8 Å². The number of hydrogen-bond donors (Lipinski definition) is 2. The summed E-state index contributed by atoms with van der Waals surface area (Å²) in [5, 5.41) is 13.2. The average Bonchev–Trinajstić information content (AvgIpc) is 2.53. The van der Waals surface area contributed by atoms with E-state index in [0.717, 1.165) is 19.6 Å². The van der Waals surface area contributed by atoms with Gasteiger partial charge in [0.2, 0.25) is 0 Å². The number of hydrogen-bond acceptors (Lipinski definition) is 5. The fourth-order valence-electron chi connectivity index (χ4n) is 3.18. The molecule has 1 heterocycles. The lowest BCUT2D eigenvalue weighted by Gasteiger charge is -2.38. The van der Waals surface area contributed by atoms with Crippen LogP contribution in [-0.2, 0) is 11.3 Å². The summed E-state index contributed by atoms with van der Waals surface area (Å²) in [5.74, 6) is 0. The van der Waals surface area contributed by atoms with Gasteiger partial charge in [0, 0.05) is 36.6 Å². The number of aliphatic hydroxyl groups excluding tert-OH is 1. The Bertz CT molecular complexity index is 472. The summed E-state index contributed by atoms with van der Waals surface area (Å²) in [6, 6.07) is 8.85. The lowest BCUT2D eigenvalue weighted by molar-refractivity contribution is -0.00526. The molecule has 1 aliphatic rings. The summed E-state index contributed by atoms with van der Waals surface area (Å²) in [4.78, 5) is 2.43. The number of benzene rings is 1. The third-order valence-corrected chi connectivity index (χ3v) is 5.57. The zero-order valence-corrected chi connectivity index (χ0v) is 15.5. The molecule has 1 aliphatic heterocycles. The number of morpholine rings is 1. The number of para-hydroxylation sites is 1. The molecule has 1 saturated heterocycles. The Balaban J connectivity index is 2.05. The maximum Gasteiger partial charge on any atom is 0.0726 e. The third-order valence-electron chi connectivity index (χ3n) is 4.41. The summed E-state index contributed by atoms with van der Waals surface area (Å²) in [6.07, 6.45) is 2.56. The molecule has 4 atom stereocenters. The highest BCUT2D eigenvalue weighted by Gasteiger charge is 2.24. The monoisotopic (exact) mass is 338 g/mol. The molecule has 130 valence electrons. The number of thioether (sulfide) groups is 1. The van der Waals surface area contributed by atoms with Gasteiger partial charge in [-0.15, -0.1) is 0 Å². The fraction of sp³-hybridized carbons (Fsp3) is 0.667. The van der Waals surface area contributed by atoms with Gasteiger partial charge in [-0.1, -0.05) is 18.2 Å². The highest BCUT2D eigenvalue weighted by Crippen LogP contribution is 2.24. The first kappa shape index (κ1) is 18.6. The van der Waals surface area contributed by atoms with E-state index in [2.05, 4.69) is 55.3 Å². The summed E-state index contributed by atoms with van der Waals surface area (Å²) in [7, 11) is 0. The number of rotatable bonds is 7. The summed E-state index contributed by atoms with van der Waals surface area (Å²) in [5.41, 5.74) is 2.59. The second kappa shape index (κ2) is 8.92. The molecule has 1 aromatic carbocycles. The van der Waals surface area contributed by atoms with Crippen molar-refractivity contribution in [1.29, 1.82) is 0 Å². The van der Waals surface area contributed by atoms with Crippen molar-refractivity contribution in [2.24, 2.45) is 0 Å². The van der Waals surface area contributed by atoms with Crippen LogP contribution in [0.4, 0.5) is 5.69 Å². The Morgan fingerprint density at radius 1 is 1.30 bits per heavy atom. The minimum atomic E-state index is 0.204. The van der Waals surface area contributed by atoms with E-state index in [1.165, 1.54) is 11.3 Å². The second-order valence-corrected chi connectivity index (χ2v) is 7.49. The molecular weight excluding hydrogens is 308 g/mol. The Kier molecular flexibility index (Phi) is 7.21. The van der Waals surface area contributed by atoms with Crippen LogP contribution in [0.15, 0.2) is 24.3 Å². The molecule has 0 spiro atoms. The van der Waals surface area contributed by atoms with E-state index in [4.69, 9.17) is 4.74 Å². The van der Waals surface area contributed by atoms with Crippen molar-refractivity contribution in [3.8, 4) is 0 Å². The predicted molar refractivity (Wildman–Crippen MR) is 99.4 cm³/mol. The highest BCUT2D eigenvalue weighted by molar-refractivity contribution is 7.99. The normalized spacial score (nSPS) is 24.5. The molecule has 1 aromatic rings. The fourth-order valence-corrected chi connectivity index (χ4v) is 3.84. The number of anilines is 1. The standard InChI is InChI=1S/C18H30N2O2S/c1-13-10-20(11-14(2)22-13)17-8-6-5-7-16(17)9-19-15(3)18(12-21)23-4/h5-8,13-15,18-19,21H,9-12H2,1-4H3. The van der Waals surface area contributed by atoms with E-state index in [9.17, 15) is 5.11 Å². The zero-order valence-electron chi connectivity index (χ0n) is 14.7. The second-order valence-electron chi connectivity index (χ2n) is 6.42. The number of nitrogens with one attached hydrogen (secondary N) is 1. The van der Waals surface area contributed by atoms with Crippen LogP contribution in [0.1, 0.15) is 26.3 Å². The zero-order chi connectivity index (χ0) is 16.8. The van der Waals surface area contributed by atoms with Crippen LogP contribution in [0.5, 0.6) is 0 Å². The molecule has 0 aromatic heterocycles. The van der Waals surface area contributed by atoms with Crippen LogP contribution in [0.3, 0.4) is 0 Å². The largest absolute Gasteiger partial charge is 0.395 e. The summed E-state index contributed by atoms with van der Waals surface area (Å²) < 4.78 is 5.85. The molecule has 2 rings (SSSR count). The van der Waals surface area contributed by atoms with Gasteiger partial charge in [-0.25, -0.2) is 0 Å². The van der Waals surface area contributed by atoms with E-state index in [1.807, 2.05) is 6.26 Å². The molecule has 0 aliphatic carbocycles. The summed E-state index contributed by atoms with van der Waals surface area (Å²) >= 11 is 1.71. The molecule has 0 saturated carbocycles. The topological polar surface area (TPSA) is 44.7 Å². The Morgan fingerprint density at radius 3 is 2.57 bits per heavy atom. The summed E-state index contributed by atoms with van der Waals surface area (Å²) in [6.45, 7) is 9.29. The molecule has 5 heteroatoms. The SMILES string of the molecule is CSC(CO)C(C)NCc1ccccc1N1CC(C)OC(C)C1. The maximum absolute atomic E-state index is 9.43. The molecular formula is C18H30N2O2S. The van der Waals surface area contributed by atoms with Crippen molar-refractivity contribution in [3.05, 3.63) is 29.8 Å². The average molecular weight is 339 g/mol. The molecule has 4 unspecified atom stereocenters. The highest BCUT2D eigenvalue weighted by atomic mass is 32.2. The lowest BCUT2D eigenvalue weighted by atomic mass is 10.1. The minimum absolute atomic E-state index is 0.204. The molecule has 0 radical (unpaired) electrons.